The second-order valence-corrected chi connectivity index (χ2v) is 2.98. The molecule has 0 bridgehead atoms. The van der Waals surface area contributed by atoms with Crippen LogP contribution in [0.5, 0.6) is 5.75 Å². The van der Waals surface area contributed by atoms with Crippen LogP contribution in [0.15, 0.2) is 24.3 Å². The van der Waals surface area contributed by atoms with Crippen LogP contribution in [0, 0.1) is 0 Å². The van der Waals surface area contributed by atoms with Crippen molar-refractivity contribution in [3.63, 3.8) is 0 Å². The molecule has 0 fully saturated rings. The monoisotopic (exact) mass is 227 g/mol. The van der Waals surface area contributed by atoms with Gasteiger partial charge in [-0.3, -0.25) is 4.79 Å². The molecule has 0 heterocycles. The second kappa shape index (κ2) is 5.11. The minimum absolute atomic E-state index is 0.0288. The molecule has 0 spiro atoms. The van der Waals surface area contributed by atoms with Gasteiger partial charge in [0.05, 0.1) is 0 Å². The van der Waals surface area contributed by atoms with Crippen molar-refractivity contribution in [1.29, 1.82) is 0 Å². The molecule has 16 heavy (non-hydrogen) atoms. The Kier molecular flexibility index (Phi) is 3.82. The lowest BCUT2D eigenvalue weighted by Gasteiger charge is -2.08. The smallest absolute Gasteiger partial charge is 0.378 e. The number of carbonyl (C=O) groups excluding carboxylic acids is 1. The third-order valence-corrected chi connectivity index (χ3v) is 1.59. The highest BCUT2D eigenvalue weighted by atomic mass is 19.1. The van der Waals surface area contributed by atoms with Crippen molar-refractivity contribution in [3.05, 3.63) is 24.3 Å². The third kappa shape index (κ3) is 3.56. The fraction of sp³-hybridized carbons (Fsp3) is 0.200. The molecular weight excluding hydrogens is 217 g/mol. The Bertz CT molecular complexity index is 408. The van der Waals surface area contributed by atoms with Crippen molar-refractivity contribution < 1.29 is 23.8 Å². The van der Waals surface area contributed by atoms with E-state index in [-0.39, 0.29) is 11.7 Å². The van der Waals surface area contributed by atoms with Gasteiger partial charge >= 0.3 is 12.3 Å². The number of nitrogens with one attached hydrogen (secondary N) is 1. The first-order chi connectivity index (χ1) is 7.49. The molecule has 0 aromatic heterocycles. The Morgan fingerprint density at radius 1 is 1.50 bits per heavy atom. The van der Waals surface area contributed by atoms with Crippen LogP contribution < -0.4 is 10.1 Å². The summed E-state index contributed by atoms with van der Waals surface area (Å²) in [5.41, 5.74) is 0.405. The first-order valence-corrected chi connectivity index (χ1v) is 4.40. The molecule has 86 valence electrons. The maximum Gasteiger partial charge on any atom is 0.378 e. The van der Waals surface area contributed by atoms with Gasteiger partial charge in [-0.05, 0) is 12.1 Å². The predicted octanol–water partition coefficient (Wildman–Crippen LogP) is 1.40. The molecule has 0 aliphatic carbocycles. The van der Waals surface area contributed by atoms with Crippen LogP contribution in [0.4, 0.5) is 10.1 Å². The average molecular weight is 227 g/mol. The highest BCUT2D eigenvalue weighted by Crippen LogP contribution is 2.18. The summed E-state index contributed by atoms with van der Waals surface area (Å²) in [4.78, 5) is 20.9. The Morgan fingerprint density at radius 3 is 2.75 bits per heavy atom. The van der Waals surface area contributed by atoms with Gasteiger partial charge in [-0.2, -0.15) is 4.39 Å². The highest BCUT2D eigenvalue weighted by Gasteiger charge is 2.17. The number of hydrogen-bond acceptors (Lipinski definition) is 3. The van der Waals surface area contributed by atoms with Crippen LogP contribution in [-0.4, -0.2) is 23.3 Å². The van der Waals surface area contributed by atoms with E-state index in [2.05, 4.69) is 10.1 Å². The third-order valence-electron chi connectivity index (χ3n) is 1.59. The number of ether oxygens (including phenoxy) is 1. The summed E-state index contributed by atoms with van der Waals surface area (Å²) in [5.74, 6) is -1.96. The van der Waals surface area contributed by atoms with Gasteiger partial charge in [-0.25, -0.2) is 4.79 Å². The van der Waals surface area contributed by atoms with E-state index in [1.165, 1.54) is 25.1 Å². The van der Waals surface area contributed by atoms with Crippen LogP contribution in [0.3, 0.4) is 0 Å². The number of alkyl halides is 1. The molecule has 0 aliphatic heterocycles. The van der Waals surface area contributed by atoms with Crippen LogP contribution in [0.2, 0.25) is 0 Å². The predicted molar refractivity (Wildman–Crippen MR) is 53.9 cm³/mol. The SMILES string of the molecule is CC(=O)Nc1cccc(OC(F)C(=O)O)c1. The van der Waals surface area contributed by atoms with E-state index in [1.807, 2.05) is 0 Å². The van der Waals surface area contributed by atoms with E-state index in [4.69, 9.17) is 5.11 Å². The van der Waals surface area contributed by atoms with Gasteiger partial charge < -0.3 is 15.2 Å². The fourth-order valence-electron chi connectivity index (χ4n) is 1.02. The zero-order valence-electron chi connectivity index (χ0n) is 8.44. The molecule has 6 heteroatoms. The van der Waals surface area contributed by atoms with E-state index in [0.29, 0.717) is 5.69 Å². The summed E-state index contributed by atoms with van der Waals surface area (Å²) in [7, 11) is 0. The summed E-state index contributed by atoms with van der Waals surface area (Å²) < 4.78 is 17.2. The largest absolute Gasteiger partial charge is 0.476 e. The minimum Gasteiger partial charge on any atom is -0.476 e. The second-order valence-electron chi connectivity index (χ2n) is 2.98. The number of anilines is 1. The molecule has 1 amide bonds. The molecule has 1 aromatic carbocycles. The molecule has 0 saturated carbocycles. The first-order valence-electron chi connectivity index (χ1n) is 4.40. The molecule has 0 saturated heterocycles. The molecule has 5 nitrogen and oxygen atoms in total. The fourth-order valence-corrected chi connectivity index (χ4v) is 1.02. The average Bonchev–Trinajstić information content (AvgIpc) is 2.16. The Morgan fingerprint density at radius 2 is 2.19 bits per heavy atom. The molecule has 0 aliphatic rings. The molecule has 1 atom stereocenters. The van der Waals surface area contributed by atoms with E-state index >= 15 is 0 Å². The standard InChI is InChI=1S/C10H10FNO4/c1-6(13)12-7-3-2-4-8(5-7)16-9(11)10(14)15/h2-5,9H,1H3,(H,12,13)(H,14,15). The van der Waals surface area contributed by atoms with Crippen LogP contribution >= 0.6 is 0 Å². The van der Waals surface area contributed by atoms with Gasteiger partial charge in [-0.15, -0.1) is 0 Å². The van der Waals surface area contributed by atoms with Gasteiger partial charge in [0.25, 0.3) is 0 Å². The van der Waals surface area contributed by atoms with Gasteiger partial charge in [0.15, 0.2) is 0 Å². The number of rotatable bonds is 4. The number of benzene rings is 1. The summed E-state index contributed by atoms with van der Waals surface area (Å²) in [6.07, 6.45) is -2.42. The molecule has 1 unspecified atom stereocenters. The van der Waals surface area contributed by atoms with Gasteiger partial charge in [0, 0.05) is 18.7 Å². The summed E-state index contributed by atoms with van der Waals surface area (Å²) in [6.45, 7) is 1.32. The normalized spacial score (nSPS) is 11.6. The molecule has 1 rings (SSSR count). The minimum atomic E-state index is -2.42. The van der Waals surface area contributed by atoms with Crippen molar-refractivity contribution in [2.75, 3.05) is 5.32 Å². The lowest BCUT2D eigenvalue weighted by atomic mass is 10.3. The highest BCUT2D eigenvalue weighted by molar-refractivity contribution is 5.88. The quantitative estimate of drug-likeness (QED) is 0.815. The van der Waals surface area contributed by atoms with E-state index in [0.717, 1.165) is 0 Å². The van der Waals surface area contributed by atoms with Crippen LogP contribution in [0.25, 0.3) is 0 Å². The van der Waals surface area contributed by atoms with E-state index in [9.17, 15) is 14.0 Å². The molecule has 1 aromatic rings. The van der Waals surface area contributed by atoms with Gasteiger partial charge in [-0.1, -0.05) is 6.07 Å². The van der Waals surface area contributed by atoms with Crippen molar-refractivity contribution in [2.45, 2.75) is 13.3 Å². The summed E-state index contributed by atoms with van der Waals surface area (Å²) in [6, 6.07) is 5.80. The molecule has 0 radical (unpaired) electrons. The van der Waals surface area contributed by atoms with Gasteiger partial charge in [0.2, 0.25) is 5.91 Å². The maximum absolute atomic E-state index is 12.7. The van der Waals surface area contributed by atoms with Gasteiger partial charge in [0.1, 0.15) is 5.75 Å². The number of aliphatic carboxylic acids is 1. The lowest BCUT2D eigenvalue weighted by Crippen LogP contribution is -2.21. The number of carbonyl (C=O) groups is 2. The van der Waals surface area contributed by atoms with E-state index < -0.39 is 12.3 Å². The number of carboxylic acid groups (broad SMARTS) is 1. The van der Waals surface area contributed by atoms with Crippen molar-refractivity contribution >= 4 is 17.6 Å². The molecule has 2 N–H and O–H groups in total. The topological polar surface area (TPSA) is 75.6 Å². The zero-order valence-corrected chi connectivity index (χ0v) is 8.44. The Balaban J connectivity index is 2.74. The maximum atomic E-state index is 12.7. The number of halogens is 1. The Labute approximate surface area is 90.8 Å². The van der Waals surface area contributed by atoms with Crippen molar-refractivity contribution in [2.24, 2.45) is 0 Å². The summed E-state index contributed by atoms with van der Waals surface area (Å²) in [5, 5.41) is 10.7. The van der Waals surface area contributed by atoms with E-state index in [1.54, 1.807) is 6.07 Å². The van der Waals surface area contributed by atoms with Crippen molar-refractivity contribution in [1.82, 2.24) is 0 Å². The number of amides is 1. The van der Waals surface area contributed by atoms with Crippen molar-refractivity contribution in [3.8, 4) is 5.75 Å². The number of hydrogen-bond donors (Lipinski definition) is 2. The zero-order chi connectivity index (χ0) is 12.1. The first kappa shape index (κ1) is 12.0. The Hall–Kier alpha value is -2.11. The molecular formula is C10H10FNO4. The summed E-state index contributed by atoms with van der Waals surface area (Å²) >= 11 is 0. The number of carboxylic acids is 1. The lowest BCUT2D eigenvalue weighted by molar-refractivity contribution is -0.153. The van der Waals surface area contributed by atoms with Crippen LogP contribution in [-0.2, 0) is 9.59 Å². The van der Waals surface area contributed by atoms with Crippen LogP contribution in [0.1, 0.15) is 6.92 Å².